The highest BCUT2D eigenvalue weighted by atomic mass is 32.2. The van der Waals surface area contributed by atoms with Gasteiger partial charge < -0.3 is 14.0 Å². The Morgan fingerprint density at radius 3 is 2.40 bits per heavy atom. The molecule has 8 nitrogen and oxygen atoms in total. The summed E-state index contributed by atoms with van der Waals surface area (Å²) in [6.45, 7) is 1.24. The SMILES string of the molecule is COc1ccc(C(=O)C(C)OC(=O)Cn2c(CS(C)(=O)=O)nc3ccccc32)cc1. The van der Waals surface area contributed by atoms with Gasteiger partial charge >= 0.3 is 5.97 Å². The molecule has 0 radical (unpaired) electrons. The molecule has 0 bridgehead atoms. The number of methoxy groups -OCH3 is 1. The van der Waals surface area contributed by atoms with Crippen LogP contribution in [0.5, 0.6) is 5.75 Å². The number of hydrogen-bond acceptors (Lipinski definition) is 7. The van der Waals surface area contributed by atoms with Crippen molar-refractivity contribution in [3.8, 4) is 5.75 Å². The number of imidazole rings is 1. The van der Waals surface area contributed by atoms with E-state index >= 15 is 0 Å². The number of rotatable bonds is 8. The average Bonchev–Trinajstić information content (AvgIpc) is 3.02. The number of Topliss-reactive ketones (excluding diaryl/α,β-unsaturated/α-hetero) is 1. The molecule has 1 unspecified atom stereocenters. The lowest BCUT2D eigenvalue weighted by atomic mass is 10.1. The molecule has 0 aliphatic heterocycles. The predicted octanol–water partition coefficient (Wildman–Crippen LogP) is 2.40. The van der Waals surface area contributed by atoms with Gasteiger partial charge in [0.05, 0.1) is 18.1 Å². The third kappa shape index (κ3) is 5.04. The second-order valence-electron chi connectivity index (χ2n) is 6.90. The minimum Gasteiger partial charge on any atom is -0.497 e. The molecule has 0 fully saturated rings. The van der Waals surface area contributed by atoms with Gasteiger partial charge in [0.15, 0.2) is 15.9 Å². The van der Waals surface area contributed by atoms with Gasteiger partial charge in [0.25, 0.3) is 0 Å². The first-order valence-electron chi connectivity index (χ1n) is 9.17. The van der Waals surface area contributed by atoms with Gasteiger partial charge in [-0.3, -0.25) is 9.59 Å². The molecule has 0 N–H and O–H groups in total. The van der Waals surface area contributed by atoms with Gasteiger partial charge in [-0.15, -0.1) is 0 Å². The third-order valence-electron chi connectivity index (χ3n) is 4.46. The molecule has 30 heavy (non-hydrogen) atoms. The molecular weight excluding hydrogens is 408 g/mol. The van der Waals surface area contributed by atoms with Crippen molar-refractivity contribution in [1.82, 2.24) is 9.55 Å². The number of nitrogens with zero attached hydrogens (tertiary/aromatic N) is 2. The number of carbonyl (C=O) groups excluding carboxylic acids is 2. The van der Waals surface area contributed by atoms with Crippen LogP contribution in [-0.2, 0) is 31.7 Å². The number of benzene rings is 2. The highest BCUT2D eigenvalue weighted by Crippen LogP contribution is 2.19. The molecule has 9 heteroatoms. The molecule has 1 heterocycles. The van der Waals surface area contributed by atoms with E-state index in [1.807, 2.05) is 0 Å². The van der Waals surface area contributed by atoms with Gasteiger partial charge in [-0.2, -0.15) is 0 Å². The van der Waals surface area contributed by atoms with E-state index in [0.29, 0.717) is 22.3 Å². The minimum absolute atomic E-state index is 0.241. The summed E-state index contributed by atoms with van der Waals surface area (Å²) in [6.07, 6.45) is 0.101. The Labute approximate surface area is 174 Å². The number of fused-ring (bicyclic) bond motifs is 1. The minimum atomic E-state index is -3.36. The number of ketones is 1. The molecular formula is C21H22N2O6S. The number of ether oxygens (including phenoxy) is 2. The Bertz CT molecular complexity index is 1180. The Hall–Kier alpha value is -3.20. The van der Waals surface area contributed by atoms with Gasteiger partial charge in [0, 0.05) is 11.8 Å². The normalized spacial score (nSPS) is 12.5. The predicted molar refractivity (Wildman–Crippen MR) is 111 cm³/mol. The first-order chi connectivity index (χ1) is 14.2. The van der Waals surface area contributed by atoms with Crippen LogP contribution in [0.15, 0.2) is 48.5 Å². The fraction of sp³-hybridized carbons (Fsp3) is 0.286. The van der Waals surface area contributed by atoms with Crippen molar-refractivity contribution in [3.63, 3.8) is 0 Å². The van der Waals surface area contributed by atoms with Crippen molar-refractivity contribution in [2.45, 2.75) is 25.3 Å². The van der Waals surface area contributed by atoms with E-state index in [2.05, 4.69) is 4.98 Å². The van der Waals surface area contributed by atoms with Gasteiger partial charge in [-0.25, -0.2) is 13.4 Å². The van der Waals surface area contributed by atoms with E-state index in [9.17, 15) is 18.0 Å². The van der Waals surface area contributed by atoms with Crippen molar-refractivity contribution in [1.29, 1.82) is 0 Å². The van der Waals surface area contributed by atoms with Gasteiger partial charge in [0.1, 0.15) is 23.9 Å². The number of hydrogen-bond donors (Lipinski definition) is 0. The maximum absolute atomic E-state index is 12.5. The van der Waals surface area contributed by atoms with Crippen LogP contribution in [0, 0.1) is 0 Å². The summed E-state index contributed by atoms with van der Waals surface area (Å²) in [5.74, 6) is -0.471. The van der Waals surface area contributed by atoms with Crippen LogP contribution in [0.4, 0.5) is 0 Å². The van der Waals surface area contributed by atoms with Gasteiger partial charge in [-0.05, 0) is 43.3 Å². The first kappa shape index (κ1) is 21.5. The Balaban J connectivity index is 1.77. The molecule has 3 rings (SSSR count). The molecule has 0 saturated carbocycles. The molecule has 0 spiro atoms. The molecule has 0 aliphatic carbocycles. The fourth-order valence-electron chi connectivity index (χ4n) is 3.05. The summed E-state index contributed by atoms with van der Waals surface area (Å²) in [4.78, 5) is 29.4. The van der Waals surface area contributed by atoms with Crippen LogP contribution in [0.2, 0.25) is 0 Å². The van der Waals surface area contributed by atoms with Crippen molar-refractivity contribution < 1.29 is 27.5 Å². The summed E-state index contributed by atoms with van der Waals surface area (Å²) in [5.41, 5.74) is 1.58. The Morgan fingerprint density at radius 1 is 1.10 bits per heavy atom. The van der Waals surface area contributed by atoms with E-state index in [1.165, 1.54) is 18.6 Å². The lowest BCUT2D eigenvalue weighted by Crippen LogP contribution is -2.27. The molecule has 2 aromatic carbocycles. The van der Waals surface area contributed by atoms with Crippen LogP contribution in [0.3, 0.4) is 0 Å². The Kier molecular flexibility index (Phi) is 6.21. The maximum atomic E-state index is 12.5. The van der Waals surface area contributed by atoms with Crippen molar-refractivity contribution in [3.05, 3.63) is 59.9 Å². The smallest absolute Gasteiger partial charge is 0.326 e. The highest BCUT2D eigenvalue weighted by Gasteiger charge is 2.22. The lowest BCUT2D eigenvalue weighted by Gasteiger charge is -2.14. The zero-order valence-electron chi connectivity index (χ0n) is 16.9. The van der Waals surface area contributed by atoms with Crippen LogP contribution in [-0.4, -0.2) is 49.2 Å². The maximum Gasteiger partial charge on any atom is 0.326 e. The van der Waals surface area contributed by atoms with Crippen molar-refractivity contribution in [2.24, 2.45) is 0 Å². The Morgan fingerprint density at radius 2 is 1.77 bits per heavy atom. The number of aromatic nitrogens is 2. The molecule has 158 valence electrons. The molecule has 1 aromatic heterocycles. The molecule has 3 aromatic rings. The molecule has 0 saturated heterocycles. The second-order valence-corrected chi connectivity index (χ2v) is 9.04. The summed E-state index contributed by atoms with van der Waals surface area (Å²) in [7, 11) is -1.83. The van der Waals surface area contributed by atoms with Crippen LogP contribution >= 0.6 is 0 Å². The second kappa shape index (κ2) is 8.66. The summed E-state index contributed by atoms with van der Waals surface area (Å²) in [5, 5.41) is 0. The average molecular weight is 430 g/mol. The quantitative estimate of drug-likeness (QED) is 0.399. The third-order valence-corrected chi connectivity index (χ3v) is 5.25. The summed E-state index contributed by atoms with van der Waals surface area (Å²) >= 11 is 0. The van der Waals surface area contributed by atoms with Gasteiger partial charge in [-0.1, -0.05) is 12.1 Å². The fourth-order valence-corrected chi connectivity index (χ4v) is 3.74. The standard InChI is InChI=1S/C21H22N2O6S/c1-14(21(25)15-8-10-16(28-2)11-9-15)29-20(24)12-23-18-7-5-4-6-17(18)22-19(23)13-30(3,26)27/h4-11,14H,12-13H2,1-3H3. The summed E-state index contributed by atoms with van der Waals surface area (Å²) in [6, 6.07) is 13.5. The van der Waals surface area contributed by atoms with E-state index in [1.54, 1.807) is 48.5 Å². The van der Waals surface area contributed by atoms with Crippen LogP contribution in [0.1, 0.15) is 23.1 Å². The first-order valence-corrected chi connectivity index (χ1v) is 11.2. The van der Waals surface area contributed by atoms with Crippen LogP contribution < -0.4 is 4.74 Å². The lowest BCUT2D eigenvalue weighted by molar-refractivity contribution is -0.147. The van der Waals surface area contributed by atoms with E-state index in [0.717, 1.165) is 6.26 Å². The van der Waals surface area contributed by atoms with Crippen LogP contribution in [0.25, 0.3) is 11.0 Å². The van der Waals surface area contributed by atoms with Crippen molar-refractivity contribution >= 4 is 32.6 Å². The number of carbonyl (C=O) groups is 2. The largest absolute Gasteiger partial charge is 0.497 e. The number of sulfone groups is 1. The highest BCUT2D eigenvalue weighted by molar-refractivity contribution is 7.89. The van der Waals surface area contributed by atoms with Gasteiger partial charge in [0.2, 0.25) is 5.78 Å². The topological polar surface area (TPSA) is 105 Å². The van der Waals surface area contributed by atoms with Crippen molar-refractivity contribution in [2.75, 3.05) is 13.4 Å². The van der Waals surface area contributed by atoms with E-state index < -0.39 is 21.9 Å². The number of para-hydroxylation sites is 2. The monoisotopic (exact) mass is 430 g/mol. The molecule has 0 aliphatic rings. The molecule has 0 amide bonds. The number of esters is 1. The summed E-state index contributed by atoms with van der Waals surface area (Å²) < 4.78 is 35.4. The zero-order valence-corrected chi connectivity index (χ0v) is 17.7. The van der Waals surface area contributed by atoms with E-state index in [-0.39, 0.29) is 23.9 Å². The van der Waals surface area contributed by atoms with E-state index in [4.69, 9.17) is 9.47 Å². The molecule has 1 atom stereocenters. The zero-order chi connectivity index (χ0) is 21.9.